The molecule has 0 unspecified atom stereocenters. The second-order valence-corrected chi connectivity index (χ2v) is 5.13. The van der Waals surface area contributed by atoms with Crippen LogP contribution in [-0.2, 0) is 0 Å². The van der Waals surface area contributed by atoms with E-state index in [9.17, 15) is 4.79 Å². The van der Waals surface area contributed by atoms with E-state index in [2.05, 4.69) is 0 Å². The number of allylic oxidation sites excluding steroid dienone is 1. The molecular formula is C16H13NOS. The Morgan fingerprint density at radius 1 is 1.26 bits per heavy atom. The average molecular weight is 267 g/mol. The number of benzene rings is 1. The van der Waals surface area contributed by atoms with E-state index >= 15 is 0 Å². The van der Waals surface area contributed by atoms with Crippen molar-refractivity contribution in [3.8, 4) is 6.07 Å². The van der Waals surface area contributed by atoms with E-state index in [4.69, 9.17) is 5.26 Å². The Morgan fingerprint density at radius 3 is 2.63 bits per heavy atom. The summed E-state index contributed by atoms with van der Waals surface area (Å²) in [6, 6.07) is 9.61. The molecule has 94 valence electrons. The van der Waals surface area contributed by atoms with Gasteiger partial charge in [-0.1, -0.05) is 18.2 Å². The summed E-state index contributed by atoms with van der Waals surface area (Å²) in [7, 11) is 0. The van der Waals surface area contributed by atoms with Gasteiger partial charge in [0.05, 0.1) is 0 Å². The highest BCUT2D eigenvalue weighted by Crippen LogP contribution is 2.17. The molecule has 1 aromatic heterocycles. The molecule has 0 aliphatic carbocycles. The van der Waals surface area contributed by atoms with Crippen molar-refractivity contribution in [1.29, 1.82) is 5.26 Å². The van der Waals surface area contributed by atoms with Crippen LogP contribution in [0.15, 0.2) is 40.6 Å². The monoisotopic (exact) mass is 267 g/mol. The number of hydrogen-bond acceptors (Lipinski definition) is 3. The fourth-order valence-electron chi connectivity index (χ4n) is 1.72. The van der Waals surface area contributed by atoms with Crippen LogP contribution in [0.4, 0.5) is 0 Å². The van der Waals surface area contributed by atoms with Gasteiger partial charge in [0.1, 0.15) is 11.6 Å². The van der Waals surface area contributed by atoms with Gasteiger partial charge in [-0.05, 0) is 48.1 Å². The molecule has 19 heavy (non-hydrogen) atoms. The Kier molecular flexibility index (Phi) is 3.94. The first kappa shape index (κ1) is 13.3. The lowest BCUT2D eigenvalue weighted by atomic mass is 10.0. The SMILES string of the molecule is Cc1ccc(/C=C(\C#N)C(=O)c2ccsc2)cc1C. The van der Waals surface area contributed by atoms with Gasteiger partial charge in [0.25, 0.3) is 0 Å². The van der Waals surface area contributed by atoms with E-state index in [1.165, 1.54) is 16.9 Å². The summed E-state index contributed by atoms with van der Waals surface area (Å²) in [5.74, 6) is -0.220. The van der Waals surface area contributed by atoms with Crippen molar-refractivity contribution < 1.29 is 4.79 Å². The fraction of sp³-hybridized carbons (Fsp3) is 0.125. The zero-order chi connectivity index (χ0) is 13.8. The first-order chi connectivity index (χ1) is 9.11. The molecule has 0 N–H and O–H groups in total. The number of Topliss-reactive ketones (excluding diaryl/α,β-unsaturated/α-hetero) is 1. The number of aryl methyl sites for hydroxylation is 2. The van der Waals surface area contributed by atoms with Crippen LogP contribution in [0.25, 0.3) is 6.08 Å². The Labute approximate surface area is 116 Å². The van der Waals surface area contributed by atoms with Gasteiger partial charge >= 0.3 is 0 Å². The van der Waals surface area contributed by atoms with E-state index in [0.29, 0.717) is 5.56 Å². The molecule has 2 nitrogen and oxygen atoms in total. The molecule has 0 radical (unpaired) electrons. The van der Waals surface area contributed by atoms with E-state index in [0.717, 1.165) is 11.1 Å². The van der Waals surface area contributed by atoms with Crippen molar-refractivity contribution in [2.75, 3.05) is 0 Å². The van der Waals surface area contributed by atoms with Crippen molar-refractivity contribution in [2.45, 2.75) is 13.8 Å². The van der Waals surface area contributed by atoms with Gasteiger partial charge in [-0.15, -0.1) is 0 Å². The van der Waals surface area contributed by atoms with Crippen LogP contribution in [0.1, 0.15) is 27.0 Å². The fourth-order valence-corrected chi connectivity index (χ4v) is 2.35. The molecule has 2 rings (SSSR count). The summed E-state index contributed by atoms with van der Waals surface area (Å²) in [4.78, 5) is 12.1. The third-order valence-electron chi connectivity index (χ3n) is 2.99. The maximum atomic E-state index is 12.1. The van der Waals surface area contributed by atoms with Gasteiger partial charge in [-0.3, -0.25) is 4.79 Å². The summed E-state index contributed by atoms with van der Waals surface area (Å²) in [6.07, 6.45) is 1.65. The van der Waals surface area contributed by atoms with E-state index in [1.54, 1.807) is 17.5 Å². The van der Waals surface area contributed by atoms with Gasteiger partial charge < -0.3 is 0 Å². The van der Waals surface area contributed by atoms with Crippen LogP contribution in [-0.4, -0.2) is 5.78 Å². The average Bonchev–Trinajstić information content (AvgIpc) is 2.93. The Hall–Kier alpha value is -2.18. The van der Waals surface area contributed by atoms with Gasteiger partial charge in [0, 0.05) is 10.9 Å². The molecule has 0 bridgehead atoms. The molecular weight excluding hydrogens is 254 g/mol. The minimum Gasteiger partial charge on any atom is -0.288 e. The van der Waals surface area contributed by atoms with Crippen LogP contribution in [0, 0.1) is 25.2 Å². The third kappa shape index (κ3) is 2.98. The van der Waals surface area contributed by atoms with Crippen molar-refractivity contribution in [2.24, 2.45) is 0 Å². The summed E-state index contributed by atoms with van der Waals surface area (Å²) < 4.78 is 0. The normalized spacial score (nSPS) is 11.1. The molecule has 3 heteroatoms. The number of rotatable bonds is 3. The molecule has 0 saturated carbocycles. The number of carbonyl (C=O) groups is 1. The zero-order valence-electron chi connectivity index (χ0n) is 10.8. The lowest BCUT2D eigenvalue weighted by Crippen LogP contribution is -2.00. The predicted molar refractivity (Wildman–Crippen MR) is 78.2 cm³/mol. The first-order valence-corrected chi connectivity index (χ1v) is 6.82. The Balaban J connectivity index is 2.37. The van der Waals surface area contributed by atoms with Gasteiger partial charge in [0.2, 0.25) is 5.78 Å². The number of nitrogens with zero attached hydrogens (tertiary/aromatic N) is 1. The highest BCUT2D eigenvalue weighted by molar-refractivity contribution is 7.08. The van der Waals surface area contributed by atoms with Crippen LogP contribution >= 0.6 is 11.3 Å². The number of ketones is 1. The van der Waals surface area contributed by atoms with Crippen LogP contribution in [0.5, 0.6) is 0 Å². The summed E-state index contributed by atoms with van der Waals surface area (Å²) in [6.45, 7) is 4.05. The highest BCUT2D eigenvalue weighted by atomic mass is 32.1. The molecule has 2 aromatic rings. The smallest absolute Gasteiger partial charge is 0.204 e. The number of hydrogen-bond donors (Lipinski definition) is 0. The van der Waals surface area contributed by atoms with Crippen molar-refractivity contribution in [3.63, 3.8) is 0 Å². The molecule has 0 amide bonds. The van der Waals surface area contributed by atoms with Crippen molar-refractivity contribution in [1.82, 2.24) is 0 Å². The van der Waals surface area contributed by atoms with Crippen molar-refractivity contribution >= 4 is 23.2 Å². The summed E-state index contributed by atoms with van der Waals surface area (Å²) in [5.41, 5.74) is 3.96. The third-order valence-corrected chi connectivity index (χ3v) is 3.67. The second-order valence-electron chi connectivity index (χ2n) is 4.35. The minimum atomic E-state index is -0.220. The highest BCUT2D eigenvalue weighted by Gasteiger charge is 2.12. The Bertz CT molecular complexity index is 675. The lowest BCUT2D eigenvalue weighted by molar-refractivity contribution is 0.104. The second kappa shape index (κ2) is 5.64. The molecule has 1 aromatic carbocycles. The van der Waals surface area contributed by atoms with Crippen LogP contribution in [0.2, 0.25) is 0 Å². The summed E-state index contributed by atoms with van der Waals surface area (Å²) in [5, 5.41) is 12.7. The van der Waals surface area contributed by atoms with Crippen LogP contribution < -0.4 is 0 Å². The zero-order valence-corrected chi connectivity index (χ0v) is 11.6. The number of thiophene rings is 1. The lowest BCUT2D eigenvalue weighted by Gasteiger charge is -2.02. The van der Waals surface area contributed by atoms with Gasteiger partial charge in [-0.2, -0.15) is 16.6 Å². The first-order valence-electron chi connectivity index (χ1n) is 5.88. The maximum absolute atomic E-state index is 12.1. The standard InChI is InChI=1S/C16H13NOS/c1-11-3-4-13(7-12(11)2)8-15(9-17)16(18)14-5-6-19-10-14/h3-8,10H,1-2H3/b15-8+. The van der Waals surface area contributed by atoms with E-state index in [1.807, 2.05) is 43.5 Å². The minimum absolute atomic E-state index is 0.168. The predicted octanol–water partition coefficient (Wildman–Crippen LogP) is 4.15. The van der Waals surface area contributed by atoms with Gasteiger partial charge in [-0.25, -0.2) is 0 Å². The molecule has 0 aliphatic rings. The Morgan fingerprint density at radius 2 is 2.05 bits per heavy atom. The number of nitriles is 1. The van der Waals surface area contributed by atoms with E-state index in [-0.39, 0.29) is 11.4 Å². The molecule has 1 heterocycles. The molecule has 0 saturated heterocycles. The number of carbonyl (C=O) groups excluding carboxylic acids is 1. The molecule has 0 spiro atoms. The van der Waals surface area contributed by atoms with E-state index < -0.39 is 0 Å². The molecule has 0 aliphatic heterocycles. The van der Waals surface area contributed by atoms with Crippen molar-refractivity contribution in [3.05, 3.63) is 62.9 Å². The molecule has 0 fully saturated rings. The largest absolute Gasteiger partial charge is 0.288 e. The quantitative estimate of drug-likeness (QED) is 0.476. The molecule has 0 atom stereocenters. The topological polar surface area (TPSA) is 40.9 Å². The van der Waals surface area contributed by atoms with Gasteiger partial charge in [0.15, 0.2) is 0 Å². The van der Waals surface area contributed by atoms with Crippen LogP contribution in [0.3, 0.4) is 0 Å². The maximum Gasteiger partial charge on any atom is 0.204 e. The summed E-state index contributed by atoms with van der Waals surface area (Å²) >= 11 is 1.45.